The van der Waals surface area contributed by atoms with Gasteiger partial charge in [-0.25, -0.2) is 0 Å². The SMILES string of the molecule is Cc1cccc(NC(=O)C(C(=O)Nc2ccc(-c3c(C)n[nH]c3C)cc2)C(C2CC2)C2CC2)c1N. The fourth-order valence-corrected chi connectivity index (χ4v) is 5.28. The number of para-hydroxylation sites is 1. The number of hydrogen-bond donors (Lipinski definition) is 4. The molecule has 0 spiro atoms. The minimum atomic E-state index is -0.757. The van der Waals surface area contributed by atoms with E-state index in [1.54, 1.807) is 6.07 Å². The third kappa shape index (κ3) is 4.81. The van der Waals surface area contributed by atoms with Gasteiger partial charge < -0.3 is 16.4 Å². The summed E-state index contributed by atoms with van der Waals surface area (Å²) in [5.74, 6) is -0.336. The lowest BCUT2D eigenvalue weighted by molar-refractivity contribution is -0.132. The largest absolute Gasteiger partial charge is 0.397 e. The molecule has 1 atom stereocenters. The third-order valence-electron chi connectivity index (χ3n) is 7.43. The quantitative estimate of drug-likeness (QED) is 0.267. The predicted octanol–water partition coefficient (Wildman–Crippen LogP) is 5.21. The monoisotopic (exact) mass is 471 g/mol. The van der Waals surface area contributed by atoms with E-state index in [9.17, 15) is 9.59 Å². The Bertz CT molecular complexity index is 1220. The number of nitrogens with two attached hydrogens (primary N) is 1. The standard InChI is InChI=1S/C28H33N5O2/c1-15-5-4-6-22(26(15)29)31-28(35)25(24(19-7-8-19)20-9-10-20)27(34)30-21-13-11-18(12-14-21)23-16(2)32-33-17(23)3/h4-6,11-14,19-20,24-25H,7-10,29H2,1-3H3,(H,30,34)(H,31,35)(H,32,33). The molecule has 2 saturated carbocycles. The Morgan fingerprint density at radius 3 is 2.14 bits per heavy atom. The maximum atomic E-state index is 13.6. The number of rotatable bonds is 8. The van der Waals surface area contributed by atoms with Crippen LogP contribution < -0.4 is 16.4 Å². The van der Waals surface area contributed by atoms with E-state index in [1.165, 1.54) is 0 Å². The summed E-state index contributed by atoms with van der Waals surface area (Å²) in [6.45, 7) is 5.86. The normalized spacial score (nSPS) is 16.2. The summed E-state index contributed by atoms with van der Waals surface area (Å²) in [5, 5.41) is 13.3. The van der Waals surface area contributed by atoms with E-state index in [0.717, 1.165) is 53.8 Å². The molecule has 1 unspecified atom stereocenters. The molecule has 2 amide bonds. The van der Waals surface area contributed by atoms with E-state index in [1.807, 2.05) is 57.2 Å². The van der Waals surface area contributed by atoms with Gasteiger partial charge in [0.05, 0.1) is 17.1 Å². The fourth-order valence-electron chi connectivity index (χ4n) is 5.28. The van der Waals surface area contributed by atoms with Crippen LogP contribution in [0.15, 0.2) is 42.5 Å². The summed E-state index contributed by atoms with van der Waals surface area (Å²) in [5.41, 5.74) is 12.9. The maximum Gasteiger partial charge on any atom is 0.237 e. The molecule has 35 heavy (non-hydrogen) atoms. The van der Waals surface area contributed by atoms with Gasteiger partial charge in [0.15, 0.2) is 0 Å². The molecular weight excluding hydrogens is 438 g/mol. The number of aryl methyl sites for hydroxylation is 3. The highest BCUT2D eigenvalue weighted by molar-refractivity contribution is 6.12. The fraction of sp³-hybridized carbons (Fsp3) is 0.393. The molecule has 3 aromatic rings. The molecule has 2 aliphatic rings. The molecule has 5 N–H and O–H groups in total. The van der Waals surface area contributed by atoms with Crippen molar-refractivity contribution in [2.45, 2.75) is 46.5 Å². The zero-order valence-electron chi connectivity index (χ0n) is 20.5. The van der Waals surface area contributed by atoms with Crippen LogP contribution in [0.1, 0.15) is 42.6 Å². The number of nitrogens with zero attached hydrogens (tertiary/aromatic N) is 1. The summed E-state index contributed by atoms with van der Waals surface area (Å²) < 4.78 is 0. The second-order valence-electron chi connectivity index (χ2n) is 10.1. The molecule has 0 aliphatic heterocycles. The van der Waals surface area contributed by atoms with Crippen molar-refractivity contribution in [1.29, 1.82) is 0 Å². The van der Waals surface area contributed by atoms with Crippen molar-refractivity contribution in [1.82, 2.24) is 10.2 Å². The van der Waals surface area contributed by atoms with Crippen molar-refractivity contribution < 1.29 is 9.59 Å². The number of nitrogens with one attached hydrogen (secondary N) is 3. The molecule has 2 aromatic carbocycles. The van der Waals surface area contributed by atoms with Gasteiger partial charge in [0.2, 0.25) is 11.8 Å². The number of amides is 2. The van der Waals surface area contributed by atoms with Gasteiger partial charge in [0.25, 0.3) is 0 Å². The lowest BCUT2D eigenvalue weighted by Gasteiger charge is -2.26. The molecule has 2 fully saturated rings. The van der Waals surface area contributed by atoms with Gasteiger partial charge in [0, 0.05) is 16.9 Å². The average molecular weight is 472 g/mol. The lowest BCUT2D eigenvalue weighted by atomic mass is 9.82. The number of carbonyl (C=O) groups excluding carboxylic acids is 2. The second-order valence-corrected chi connectivity index (χ2v) is 10.1. The van der Waals surface area contributed by atoms with Crippen molar-refractivity contribution in [2.24, 2.45) is 23.7 Å². The second kappa shape index (κ2) is 9.21. The Balaban J connectivity index is 1.38. The van der Waals surface area contributed by atoms with Gasteiger partial charge in [0.1, 0.15) is 5.92 Å². The predicted molar refractivity (Wildman–Crippen MR) is 139 cm³/mol. The summed E-state index contributed by atoms with van der Waals surface area (Å²) >= 11 is 0. The molecular formula is C28H33N5O2. The summed E-state index contributed by atoms with van der Waals surface area (Å²) in [6, 6.07) is 13.3. The number of hydrogen-bond acceptors (Lipinski definition) is 4. The molecule has 1 aromatic heterocycles. The lowest BCUT2D eigenvalue weighted by Crippen LogP contribution is -2.41. The molecule has 7 heteroatoms. The number of carbonyl (C=O) groups is 2. The van der Waals surface area contributed by atoms with Crippen molar-refractivity contribution in [3.8, 4) is 11.1 Å². The molecule has 1 heterocycles. The van der Waals surface area contributed by atoms with Gasteiger partial charge >= 0.3 is 0 Å². The Morgan fingerprint density at radius 2 is 1.57 bits per heavy atom. The van der Waals surface area contributed by atoms with Crippen LogP contribution in [0.2, 0.25) is 0 Å². The zero-order valence-corrected chi connectivity index (χ0v) is 20.5. The van der Waals surface area contributed by atoms with Crippen molar-refractivity contribution in [2.75, 3.05) is 16.4 Å². The Morgan fingerprint density at radius 1 is 0.943 bits per heavy atom. The van der Waals surface area contributed by atoms with Crippen LogP contribution in [-0.4, -0.2) is 22.0 Å². The molecule has 7 nitrogen and oxygen atoms in total. The molecule has 5 rings (SSSR count). The van der Waals surface area contributed by atoms with Crippen molar-refractivity contribution >= 4 is 28.9 Å². The Kier molecular flexibility index (Phi) is 6.09. The van der Waals surface area contributed by atoms with Crippen LogP contribution in [0.5, 0.6) is 0 Å². The van der Waals surface area contributed by atoms with Gasteiger partial charge in [-0.3, -0.25) is 14.7 Å². The number of H-pyrrole nitrogens is 1. The summed E-state index contributed by atoms with van der Waals surface area (Å²) in [7, 11) is 0. The van der Waals surface area contributed by atoms with Gasteiger partial charge in [-0.15, -0.1) is 0 Å². The number of nitrogen functional groups attached to an aromatic ring is 1. The maximum absolute atomic E-state index is 13.6. The minimum absolute atomic E-state index is 0.0662. The van der Waals surface area contributed by atoms with Crippen molar-refractivity contribution in [3.05, 3.63) is 59.4 Å². The highest BCUT2D eigenvalue weighted by Crippen LogP contribution is 2.53. The van der Waals surface area contributed by atoms with Gasteiger partial charge in [-0.1, -0.05) is 24.3 Å². The average Bonchev–Trinajstić information content (AvgIpc) is 3.75. The van der Waals surface area contributed by atoms with Crippen LogP contribution in [0.3, 0.4) is 0 Å². The van der Waals surface area contributed by atoms with Gasteiger partial charge in [-0.05, 0) is 93.5 Å². The first-order valence-electron chi connectivity index (χ1n) is 12.4. The Hall–Kier alpha value is -3.61. The molecule has 182 valence electrons. The van der Waals surface area contributed by atoms with E-state index in [4.69, 9.17) is 5.73 Å². The van der Waals surface area contributed by atoms with Crippen molar-refractivity contribution in [3.63, 3.8) is 0 Å². The van der Waals surface area contributed by atoms with E-state index < -0.39 is 5.92 Å². The number of anilines is 3. The highest BCUT2D eigenvalue weighted by atomic mass is 16.2. The minimum Gasteiger partial charge on any atom is -0.397 e. The number of aromatic amines is 1. The Labute approximate surface area is 205 Å². The first-order valence-corrected chi connectivity index (χ1v) is 12.4. The topological polar surface area (TPSA) is 113 Å². The highest BCUT2D eigenvalue weighted by Gasteiger charge is 2.50. The van der Waals surface area contributed by atoms with E-state index in [-0.39, 0.29) is 17.7 Å². The molecule has 0 radical (unpaired) electrons. The van der Waals surface area contributed by atoms with Gasteiger partial charge in [-0.2, -0.15) is 5.10 Å². The summed E-state index contributed by atoms with van der Waals surface area (Å²) in [6.07, 6.45) is 4.34. The van der Waals surface area contributed by atoms with E-state index >= 15 is 0 Å². The van der Waals surface area contributed by atoms with Crippen LogP contribution in [0.25, 0.3) is 11.1 Å². The van der Waals surface area contributed by atoms with Crippen LogP contribution in [0, 0.1) is 44.4 Å². The first kappa shape index (κ1) is 23.1. The third-order valence-corrected chi connectivity index (χ3v) is 7.43. The van der Waals surface area contributed by atoms with Crippen LogP contribution >= 0.6 is 0 Å². The van der Waals surface area contributed by atoms with E-state index in [2.05, 4.69) is 20.8 Å². The number of aromatic nitrogens is 2. The van der Waals surface area contributed by atoms with Crippen LogP contribution in [0.4, 0.5) is 17.1 Å². The first-order chi connectivity index (χ1) is 16.8. The molecule has 2 aliphatic carbocycles. The smallest absolute Gasteiger partial charge is 0.237 e. The molecule has 0 saturated heterocycles. The molecule has 0 bridgehead atoms. The summed E-state index contributed by atoms with van der Waals surface area (Å²) in [4.78, 5) is 27.2. The zero-order chi connectivity index (χ0) is 24.7. The van der Waals surface area contributed by atoms with Crippen LogP contribution in [-0.2, 0) is 9.59 Å². The van der Waals surface area contributed by atoms with E-state index in [0.29, 0.717) is 28.9 Å². The number of benzene rings is 2.